The molecule has 5 nitrogen and oxygen atoms in total. The lowest BCUT2D eigenvalue weighted by molar-refractivity contribution is -0.123. The van der Waals surface area contributed by atoms with Crippen LogP contribution >= 0.6 is 31.9 Å². The summed E-state index contributed by atoms with van der Waals surface area (Å²) in [5.41, 5.74) is 4.45. The number of hydrazone groups is 1. The number of hydrogen-bond donors (Lipinski definition) is 1. The zero-order valence-electron chi connectivity index (χ0n) is 16.4. The summed E-state index contributed by atoms with van der Waals surface area (Å²) in [7, 11) is 0. The molecule has 1 amide bonds. The predicted octanol–water partition coefficient (Wildman–Crippen LogP) is 5.44. The molecule has 0 atom stereocenters. The third-order valence-corrected chi connectivity index (χ3v) is 4.93. The van der Waals surface area contributed by atoms with E-state index in [0.717, 1.165) is 14.5 Å². The number of nitrogens with zero attached hydrogens (tertiary/aromatic N) is 1. The van der Waals surface area contributed by atoms with Gasteiger partial charge in [-0.25, -0.2) is 5.43 Å². The van der Waals surface area contributed by atoms with E-state index in [0.29, 0.717) is 18.1 Å². The Morgan fingerprint density at radius 2 is 1.82 bits per heavy atom. The summed E-state index contributed by atoms with van der Waals surface area (Å²) >= 11 is 6.91. The van der Waals surface area contributed by atoms with E-state index in [1.165, 1.54) is 5.56 Å². The highest BCUT2D eigenvalue weighted by atomic mass is 79.9. The summed E-state index contributed by atoms with van der Waals surface area (Å²) in [6, 6.07) is 11.5. The lowest BCUT2D eigenvalue weighted by Crippen LogP contribution is -2.24. The fourth-order valence-corrected chi connectivity index (χ4v) is 3.21. The van der Waals surface area contributed by atoms with Crippen LogP contribution in [0.25, 0.3) is 0 Å². The van der Waals surface area contributed by atoms with Gasteiger partial charge in [0.15, 0.2) is 6.61 Å². The van der Waals surface area contributed by atoms with Gasteiger partial charge < -0.3 is 9.47 Å². The van der Waals surface area contributed by atoms with Gasteiger partial charge in [-0.05, 0) is 64.2 Å². The van der Waals surface area contributed by atoms with Crippen molar-refractivity contribution in [3.8, 4) is 11.5 Å². The second-order valence-corrected chi connectivity index (χ2v) is 8.86. The highest BCUT2D eigenvalue weighted by molar-refractivity contribution is 9.10. The SMILES string of the molecule is CCOc1ccc(Br)cc1/C=N/NC(=O)COc1ccc(C(C)(C)C)cc1Br. The van der Waals surface area contributed by atoms with E-state index in [1.54, 1.807) is 6.21 Å². The van der Waals surface area contributed by atoms with Crippen molar-refractivity contribution in [3.05, 3.63) is 56.5 Å². The van der Waals surface area contributed by atoms with Crippen molar-refractivity contribution in [2.45, 2.75) is 33.1 Å². The van der Waals surface area contributed by atoms with Crippen LogP contribution in [0.5, 0.6) is 11.5 Å². The highest BCUT2D eigenvalue weighted by Crippen LogP contribution is 2.31. The molecule has 7 heteroatoms. The molecule has 0 heterocycles. The highest BCUT2D eigenvalue weighted by Gasteiger charge is 2.15. The van der Waals surface area contributed by atoms with E-state index in [-0.39, 0.29) is 17.9 Å². The number of ether oxygens (including phenoxy) is 2. The van der Waals surface area contributed by atoms with E-state index in [9.17, 15) is 4.79 Å². The molecule has 150 valence electrons. The van der Waals surface area contributed by atoms with Gasteiger partial charge in [0.05, 0.1) is 17.3 Å². The zero-order valence-corrected chi connectivity index (χ0v) is 19.6. The molecule has 0 bridgehead atoms. The average molecular weight is 512 g/mol. The van der Waals surface area contributed by atoms with Crippen molar-refractivity contribution in [2.24, 2.45) is 5.10 Å². The molecule has 0 spiro atoms. The molecular weight excluding hydrogens is 488 g/mol. The van der Waals surface area contributed by atoms with Gasteiger partial charge in [-0.1, -0.05) is 42.8 Å². The minimum atomic E-state index is -0.351. The number of halogens is 2. The molecule has 28 heavy (non-hydrogen) atoms. The molecule has 0 aliphatic carbocycles. The molecule has 0 saturated heterocycles. The van der Waals surface area contributed by atoms with Crippen molar-refractivity contribution in [1.82, 2.24) is 5.43 Å². The topological polar surface area (TPSA) is 59.9 Å². The standard InChI is InChI=1S/C21H24Br2N2O3/c1-5-27-18-9-7-16(22)10-14(18)12-24-25-20(26)13-28-19-8-6-15(11-17(19)23)21(2,3)4/h6-12H,5,13H2,1-4H3,(H,25,26)/b24-12+. The Morgan fingerprint density at radius 1 is 1.11 bits per heavy atom. The number of benzene rings is 2. The van der Waals surface area contributed by atoms with Crippen LogP contribution < -0.4 is 14.9 Å². The number of hydrogen-bond acceptors (Lipinski definition) is 4. The third kappa shape index (κ3) is 6.63. The first-order chi connectivity index (χ1) is 13.2. The number of carbonyl (C=O) groups is 1. The van der Waals surface area contributed by atoms with Crippen LogP contribution in [0.3, 0.4) is 0 Å². The van der Waals surface area contributed by atoms with Gasteiger partial charge in [-0.15, -0.1) is 0 Å². The number of amides is 1. The number of carbonyl (C=O) groups excluding carboxylic acids is 1. The van der Waals surface area contributed by atoms with Crippen molar-refractivity contribution in [3.63, 3.8) is 0 Å². The summed E-state index contributed by atoms with van der Waals surface area (Å²) < 4.78 is 12.8. The van der Waals surface area contributed by atoms with Crippen LogP contribution in [-0.2, 0) is 10.2 Å². The Kier molecular flexibility index (Phi) is 8.07. The van der Waals surface area contributed by atoms with E-state index in [1.807, 2.05) is 43.3 Å². The number of nitrogens with one attached hydrogen (secondary N) is 1. The number of rotatable bonds is 7. The van der Waals surface area contributed by atoms with Crippen LogP contribution in [-0.4, -0.2) is 25.3 Å². The first kappa shape index (κ1) is 22.4. The van der Waals surface area contributed by atoms with E-state index in [4.69, 9.17) is 9.47 Å². The molecule has 0 aromatic heterocycles. The van der Waals surface area contributed by atoms with Crippen LogP contribution in [0.15, 0.2) is 50.4 Å². The molecule has 1 N–H and O–H groups in total. The van der Waals surface area contributed by atoms with Gasteiger partial charge in [-0.3, -0.25) is 4.79 Å². The smallest absolute Gasteiger partial charge is 0.277 e. The zero-order chi connectivity index (χ0) is 20.7. The normalized spacial score (nSPS) is 11.5. The van der Waals surface area contributed by atoms with Crippen molar-refractivity contribution < 1.29 is 14.3 Å². The summed E-state index contributed by atoms with van der Waals surface area (Å²) in [5.74, 6) is 0.955. The Morgan fingerprint density at radius 3 is 2.46 bits per heavy atom. The van der Waals surface area contributed by atoms with Gasteiger partial charge in [-0.2, -0.15) is 5.10 Å². The second kappa shape index (κ2) is 10.1. The first-order valence-corrected chi connectivity index (χ1v) is 10.5. The average Bonchev–Trinajstić information content (AvgIpc) is 2.62. The predicted molar refractivity (Wildman–Crippen MR) is 119 cm³/mol. The van der Waals surface area contributed by atoms with Crippen LogP contribution in [0.2, 0.25) is 0 Å². The van der Waals surface area contributed by atoms with E-state index in [2.05, 4.69) is 63.2 Å². The van der Waals surface area contributed by atoms with Gasteiger partial charge in [0.1, 0.15) is 11.5 Å². The maximum atomic E-state index is 12.0. The molecule has 2 rings (SSSR count). The Labute approximate surface area is 182 Å². The van der Waals surface area contributed by atoms with Crippen molar-refractivity contribution in [2.75, 3.05) is 13.2 Å². The summed E-state index contributed by atoms with van der Waals surface area (Å²) in [4.78, 5) is 12.0. The van der Waals surface area contributed by atoms with Gasteiger partial charge in [0.2, 0.25) is 0 Å². The molecule has 0 aliphatic rings. The van der Waals surface area contributed by atoms with Crippen LogP contribution in [0.1, 0.15) is 38.8 Å². The Bertz CT molecular complexity index is 861. The van der Waals surface area contributed by atoms with E-state index < -0.39 is 0 Å². The minimum absolute atomic E-state index is 0.0416. The van der Waals surface area contributed by atoms with Crippen molar-refractivity contribution >= 4 is 44.0 Å². The van der Waals surface area contributed by atoms with Crippen LogP contribution in [0, 0.1) is 0 Å². The second-order valence-electron chi connectivity index (χ2n) is 7.09. The fraction of sp³-hybridized carbons (Fsp3) is 0.333. The maximum Gasteiger partial charge on any atom is 0.277 e. The maximum absolute atomic E-state index is 12.0. The quantitative estimate of drug-likeness (QED) is 0.398. The lowest BCUT2D eigenvalue weighted by Gasteiger charge is -2.20. The summed E-state index contributed by atoms with van der Waals surface area (Å²) in [6.07, 6.45) is 1.54. The van der Waals surface area contributed by atoms with Gasteiger partial charge in [0.25, 0.3) is 5.91 Å². The molecule has 0 saturated carbocycles. The lowest BCUT2D eigenvalue weighted by atomic mass is 9.87. The third-order valence-electron chi connectivity index (χ3n) is 3.82. The van der Waals surface area contributed by atoms with Crippen LogP contribution in [0.4, 0.5) is 0 Å². The molecular formula is C21H24Br2N2O3. The Hall–Kier alpha value is -1.86. The van der Waals surface area contributed by atoms with Gasteiger partial charge >= 0.3 is 0 Å². The monoisotopic (exact) mass is 510 g/mol. The van der Waals surface area contributed by atoms with Crippen molar-refractivity contribution in [1.29, 1.82) is 0 Å². The minimum Gasteiger partial charge on any atom is -0.493 e. The molecule has 0 fully saturated rings. The fourth-order valence-electron chi connectivity index (χ4n) is 2.34. The largest absolute Gasteiger partial charge is 0.493 e. The molecule has 0 unspecified atom stereocenters. The molecule has 0 aliphatic heterocycles. The first-order valence-electron chi connectivity index (χ1n) is 8.87. The molecule has 2 aromatic rings. The summed E-state index contributed by atoms with van der Waals surface area (Å²) in [6.45, 7) is 8.75. The van der Waals surface area contributed by atoms with E-state index >= 15 is 0 Å². The molecule has 0 radical (unpaired) electrons. The Balaban J connectivity index is 1.93. The van der Waals surface area contributed by atoms with Gasteiger partial charge in [0, 0.05) is 10.0 Å². The molecule has 2 aromatic carbocycles. The summed E-state index contributed by atoms with van der Waals surface area (Å²) in [5, 5.41) is 3.99.